The van der Waals surface area contributed by atoms with Crippen molar-refractivity contribution in [3.63, 3.8) is 0 Å². The van der Waals surface area contributed by atoms with Gasteiger partial charge in [-0.1, -0.05) is 13.0 Å². The van der Waals surface area contributed by atoms with Gasteiger partial charge in [-0.25, -0.2) is 14.4 Å². The molecule has 0 spiro atoms. The first kappa shape index (κ1) is 21.1. The fraction of sp³-hybridized carbons (Fsp3) is 0.435. The number of carbonyl (C=O) groups excluding carboxylic acids is 1. The lowest BCUT2D eigenvalue weighted by Gasteiger charge is -2.34. The van der Waals surface area contributed by atoms with E-state index in [1.54, 1.807) is 12.3 Å². The highest BCUT2D eigenvalue weighted by molar-refractivity contribution is 7.21. The molecule has 4 N–H and O–H groups in total. The number of nitrogen functional groups attached to an aromatic ring is 1. The van der Waals surface area contributed by atoms with E-state index in [1.165, 1.54) is 24.2 Å². The Kier molecular flexibility index (Phi) is 5.46. The molecule has 0 radical (unpaired) electrons. The van der Waals surface area contributed by atoms with Crippen LogP contribution in [-0.4, -0.2) is 47.6 Å². The molecule has 0 saturated carbocycles. The van der Waals surface area contributed by atoms with Crippen molar-refractivity contribution >= 4 is 39.0 Å². The van der Waals surface area contributed by atoms with Crippen LogP contribution in [0.25, 0.3) is 10.3 Å². The van der Waals surface area contributed by atoms with Crippen LogP contribution in [0.1, 0.15) is 46.6 Å². The Hall–Kier alpha value is -2.78. The number of carbonyl (C=O) groups is 1. The molecule has 9 heteroatoms. The third-order valence-corrected chi connectivity index (χ3v) is 7.52. The topological polar surface area (TPSA) is 96.2 Å². The van der Waals surface area contributed by atoms with Gasteiger partial charge in [0.25, 0.3) is 5.91 Å². The van der Waals surface area contributed by atoms with Crippen LogP contribution in [-0.2, 0) is 0 Å². The molecule has 2 saturated heterocycles. The van der Waals surface area contributed by atoms with Crippen molar-refractivity contribution in [2.45, 2.75) is 44.7 Å². The minimum Gasteiger partial charge on any atom is -0.396 e. The quantitative estimate of drug-likeness (QED) is 0.548. The minimum absolute atomic E-state index is 0.179. The normalized spacial score (nSPS) is 21.2. The zero-order valence-electron chi connectivity index (χ0n) is 18.2. The van der Waals surface area contributed by atoms with Gasteiger partial charge < -0.3 is 21.3 Å². The Morgan fingerprint density at radius 3 is 2.84 bits per heavy atom. The van der Waals surface area contributed by atoms with E-state index in [-0.39, 0.29) is 17.6 Å². The summed E-state index contributed by atoms with van der Waals surface area (Å²) in [5.41, 5.74) is 9.29. The molecule has 2 unspecified atom stereocenters. The molecule has 7 nitrogen and oxygen atoms in total. The van der Waals surface area contributed by atoms with Crippen molar-refractivity contribution in [3.8, 4) is 0 Å². The van der Waals surface area contributed by atoms with Gasteiger partial charge in [0.1, 0.15) is 21.0 Å². The SMILES string of the molecule is Cc1cnc2c(N)c(C(=O)NC[C@H](C)c3ccc(N4CC5CCC(C4)N5)cc3F)sc2n1. The molecular formula is C23H27FN6OS. The molecular weight excluding hydrogens is 427 g/mol. The number of piperazine rings is 1. The van der Waals surface area contributed by atoms with E-state index < -0.39 is 0 Å². The molecule has 168 valence electrons. The fourth-order valence-corrected chi connectivity index (χ4v) is 5.71. The van der Waals surface area contributed by atoms with E-state index in [2.05, 4.69) is 25.5 Å². The third-order valence-electron chi connectivity index (χ3n) is 6.43. The number of nitrogens with two attached hydrogens (primary N) is 1. The molecule has 3 aromatic rings. The molecule has 4 heterocycles. The molecule has 2 bridgehead atoms. The number of hydrogen-bond donors (Lipinski definition) is 3. The maximum Gasteiger partial charge on any atom is 0.263 e. The van der Waals surface area contributed by atoms with Crippen LogP contribution in [0.2, 0.25) is 0 Å². The predicted octanol–water partition coefficient (Wildman–Crippen LogP) is 3.20. The molecule has 2 aliphatic rings. The van der Waals surface area contributed by atoms with Crippen molar-refractivity contribution in [2.24, 2.45) is 0 Å². The fourth-order valence-electron chi connectivity index (χ4n) is 4.70. The van der Waals surface area contributed by atoms with Crippen LogP contribution >= 0.6 is 11.3 Å². The van der Waals surface area contributed by atoms with E-state index in [0.717, 1.165) is 24.5 Å². The zero-order valence-corrected chi connectivity index (χ0v) is 19.0. The summed E-state index contributed by atoms with van der Waals surface area (Å²) in [4.78, 5) is 24.7. The van der Waals surface area contributed by atoms with E-state index in [4.69, 9.17) is 5.73 Å². The first-order chi connectivity index (χ1) is 15.4. The van der Waals surface area contributed by atoms with Gasteiger partial charge in [-0.3, -0.25) is 4.79 Å². The largest absolute Gasteiger partial charge is 0.396 e. The standard InChI is InChI=1S/C23H27FN6OS/c1-12(8-27-22(31)21-19(25)20-23(32-21)28-13(2)9-26-20)17-6-5-16(7-18(17)24)30-10-14-3-4-15(11-30)29-14/h5-7,9,12,14-15,29H,3-4,8,10-11,25H2,1-2H3,(H,27,31)/t12-,14?,15?/m0/s1. The summed E-state index contributed by atoms with van der Waals surface area (Å²) in [5, 5.41) is 6.49. The summed E-state index contributed by atoms with van der Waals surface area (Å²) in [5.74, 6) is -0.702. The van der Waals surface area contributed by atoms with Crippen LogP contribution < -0.4 is 21.3 Å². The van der Waals surface area contributed by atoms with Gasteiger partial charge in [0.05, 0.1) is 11.4 Å². The Morgan fingerprint density at radius 2 is 2.12 bits per heavy atom. The first-order valence-corrected chi connectivity index (χ1v) is 11.8. The molecule has 1 amide bonds. The van der Waals surface area contributed by atoms with Gasteiger partial charge in [0.15, 0.2) is 0 Å². The maximum absolute atomic E-state index is 15.0. The zero-order chi connectivity index (χ0) is 22.4. The lowest BCUT2D eigenvalue weighted by molar-refractivity contribution is 0.0956. The summed E-state index contributed by atoms with van der Waals surface area (Å²) in [6.45, 7) is 5.89. The molecule has 2 fully saturated rings. The Morgan fingerprint density at radius 1 is 1.38 bits per heavy atom. The number of rotatable bonds is 5. The van der Waals surface area contributed by atoms with Crippen LogP contribution in [0.5, 0.6) is 0 Å². The number of amides is 1. The average Bonchev–Trinajstić information content (AvgIpc) is 3.29. The number of aryl methyl sites for hydroxylation is 1. The molecule has 1 aromatic carbocycles. The van der Waals surface area contributed by atoms with Crippen LogP contribution in [0.4, 0.5) is 15.8 Å². The molecule has 3 atom stereocenters. The number of anilines is 2. The number of fused-ring (bicyclic) bond motifs is 3. The van der Waals surface area contributed by atoms with Gasteiger partial charge in [-0.05, 0) is 37.5 Å². The van der Waals surface area contributed by atoms with Crippen molar-refractivity contribution in [1.82, 2.24) is 20.6 Å². The molecule has 2 aliphatic heterocycles. The Balaban J connectivity index is 1.25. The van der Waals surface area contributed by atoms with E-state index in [1.807, 2.05) is 26.0 Å². The highest BCUT2D eigenvalue weighted by atomic mass is 32.1. The number of nitrogens with zero attached hydrogens (tertiary/aromatic N) is 3. The Labute approximate surface area is 190 Å². The molecule has 32 heavy (non-hydrogen) atoms. The highest BCUT2D eigenvalue weighted by Gasteiger charge is 2.32. The van der Waals surface area contributed by atoms with E-state index >= 15 is 0 Å². The highest BCUT2D eigenvalue weighted by Crippen LogP contribution is 2.31. The number of hydrogen-bond acceptors (Lipinski definition) is 7. The monoisotopic (exact) mass is 454 g/mol. The number of aromatic nitrogens is 2. The minimum atomic E-state index is -0.287. The predicted molar refractivity (Wildman–Crippen MR) is 126 cm³/mol. The smallest absolute Gasteiger partial charge is 0.263 e. The van der Waals surface area contributed by atoms with Crippen molar-refractivity contribution < 1.29 is 9.18 Å². The summed E-state index contributed by atoms with van der Waals surface area (Å²) in [6, 6.07) is 6.46. The Bertz CT molecular complexity index is 1170. The number of thiophene rings is 1. The summed E-state index contributed by atoms with van der Waals surface area (Å²) >= 11 is 1.22. The van der Waals surface area contributed by atoms with Crippen molar-refractivity contribution in [3.05, 3.63) is 46.3 Å². The first-order valence-electron chi connectivity index (χ1n) is 11.0. The van der Waals surface area contributed by atoms with E-state index in [0.29, 0.717) is 45.1 Å². The molecule has 2 aromatic heterocycles. The van der Waals surface area contributed by atoms with Crippen molar-refractivity contribution in [1.29, 1.82) is 0 Å². The van der Waals surface area contributed by atoms with E-state index in [9.17, 15) is 9.18 Å². The van der Waals surface area contributed by atoms with Gasteiger partial charge in [0.2, 0.25) is 0 Å². The number of nitrogens with one attached hydrogen (secondary N) is 2. The lowest BCUT2D eigenvalue weighted by atomic mass is 9.99. The summed E-state index contributed by atoms with van der Waals surface area (Å²) < 4.78 is 15.0. The van der Waals surface area contributed by atoms with Gasteiger partial charge >= 0.3 is 0 Å². The summed E-state index contributed by atoms with van der Waals surface area (Å²) in [7, 11) is 0. The van der Waals surface area contributed by atoms with Crippen LogP contribution in [0.3, 0.4) is 0 Å². The summed E-state index contributed by atoms with van der Waals surface area (Å²) in [6.07, 6.45) is 4.01. The van der Waals surface area contributed by atoms with Crippen molar-refractivity contribution in [2.75, 3.05) is 30.3 Å². The van der Waals surface area contributed by atoms with Gasteiger partial charge in [0, 0.05) is 49.5 Å². The lowest BCUT2D eigenvalue weighted by Crippen LogP contribution is -2.51. The van der Waals surface area contributed by atoms with Gasteiger partial charge in [-0.2, -0.15) is 0 Å². The molecule has 5 rings (SSSR count). The van der Waals surface area contributed by atoms with Crippen LogP contribution in [0, 0.1) is 12.7 Å². The number of benzene rings is 1. The average molecular weight is 455 g/mol. The second-order valence-corrected chi connectivity index (χ2v) is 9.87. The third kappa shape index (κ3) is 3.91. The number of halogens is 1. The van der Waals surface area contributed by atoms with Crippen LogP contribution in [0.15, 0.2) is 24.4 Å². The van der Waals surface area contributed by atoms with Gasteiger partial charge in [-0.15, -0.1) is 11.3 Å². The molecule has 0 aliphatic carbocycles. The second kappa shape index (κ2) is 8.29. The maximum atomic E-state index is 15.0. The second-order valence-electron chi connectivity index (χ2n) is 8.87.